The lowest BCUT2D eigenvalue weighted by Crippen LogP contribution is -2.33. The first-order valence-corrected chi connectivity index (χ1v) is 8.58. The predicted octanol–water partition coefficient (Wildman–Crippen LogP) is 3.18. The van der Waals surface area contributed by atoms with E-state index in [0.717, 1.165) is 31.7 Å². The summed E-state index contributed by atoms with van der Waals surface area (Å²) in [6.07, 6.45) is 3.64. The fourth-order valence-electron chi connectivity index (χ4n) is 3.08. The van der Waals surface area contributed by atoms with E-state index in [1.807, 2.05) is 0 Å². The number of piperidine rings is 1. The lowest BCUT2D eigenvalue weighted by atomic mass is 9.99. The van der Waals surface area contributed by atoms with Crippen molar-refractivity contribution >= 4 is 23.2 Å². The summed E-state index contributed by atoms with van der Waals surface area (Å²) in [5, 5.41) is 13.8. The summed E-state index contributed by atoms with van der Waals surface area (Å²) >= 11 is 0. The van der Waals surface area contributed by atoms with E-state index >= 15 is 0 Å². The Morgan fingerprint density at radius 1 is 1.31 bits per heavy atom. The summed E-state index contributed by atoms with van der Waals surface area (Å²) in [4.78, 5) is 33.7. The number of hydrogen-bond acceptors (Lipinski definition) is 6. The Bertz CT molecular complexity index is 831. The van der Waals surface area contributed by atoms with Crippen LogP contribution in [-0.4, -0.2) is 33.9 Å². The summed E-state index contributed by atoms with van der Waals surface area (Å²) in [6.45, 7) is 5.66. The highest BCUT2D eigenvalue weighted by atomic mass is 16.6. The monoisotopic (exact) mass is 355 g/mol. The van der Waals surface area contributed by atoms with Crippen LogP contribution >= 0.6 is 0 Å². The van der Waals surface area contributed by atoms with E-state index in [-0.39, 0.29) is 11.3 Å². The number of hydrogen-bond donors (Lipinski definition) is 1. The molecule has 0 saturated carbocycles. The first-order valence-electron chi connectivity index (χ1n) is 8.58. The average Bonchev–Trinajstić information content (AvgIpc) is 2.62. The standard InChI is InChI=1S/C18H21N5O3/c1-12-6-8-22(9-7-12)17-10-16(19-11-20-17)21-18(24)14-4-3-5-15(13(14)2)23(25)26/h3-5,10-12H,6-9H2,1-2H3,(H,19,20,21,24). The third kappa shape index (κ3) is 3.79. The Hall–Kier alpha value is -3.03. The average molecular weight is 355 g/mol. The minimum absolute atomic E-state index is 0.0801. The van der Waals surface area contributed by atoms with Gasteiger partial charge >= 0.3 is 0 Å². The van der Waals surface area contributed by atoms with Gasteiger partial charge in [0.15, 0.2) is 0 Å². The normalized spacial score (nSPS) is 14.9. The highest BCUT2D eigenvalue weighted by Gasteiger charge is 2.20. The van der Waals surface area contributed by atoms with Gasteiger partial charge in [-0.05, 0) is 31.7 Å². The van der Waals surface area contributed by atoms with E-state index in [2.05, 4.69) is 27.1 Å². The molecule has 1 aromatic carbocycles. The van der Waals surface area contributed by atoms with Crippen molar-refractivity contribution in [3.63, 3.8) is 0 Å². The highest BCUT2D eigenvalue weighted by Crippen LogP contribution is 2.24. The molecule has 2 aromatic rings. The number of nitro groups is 1. The minimum Gasteiger partial charge on any atom is -0.356 e. The molecular formula is C18H21N5O3. The van der Waals surface area contributed by atoms with Crippen LogP contribution < -0.4 is 10.2 Å². The van der Waals surface area contributed by atoms with Gasteiger partial charge in [0.05, 0.1) is 4.92 Å². The minimum atomic E-state index is -0.494. The maximum Gasteiger partial charge on any atom is 0.273 e. The molecule has 26 heavy (non-hydrogen) atoms. The van der Waals surface area contributed by atoms with Crippen LogP contribution in [0.2, 0.25) is 0 Å². The van der Waals surface area contributed by atoms with E-state index < -0.39 is 10.8 Å². The molecule has 0 atom stereocenters. The van der Waals surface area contributed by atoms with Crippen molar-refractivity contribution in [1.82, 2.24) is 9.97 Å². The molecule has 3 rings (SSSR count). The Balaban J connectivity index is 1.77. The summed E-state index contributed by atoms with van der Waals surface area (Å²) in [6, 6.07) is 6.18. The first-order chi connectivity index (χ1) is 12.5. The number of nitrogens with zero attached hydrogens (tertiary/aromatic N) is 4. The fraction of sp³-hybridized carbons (Fsp3) is 0.389. The number of anilines is 2. The van der Waals surface area contributed by atoms with Crippen molar-refractivity contribution in [2.75, 3.05) is 23.3 Å². The van der Waals surface area contributed by atoms with Crippen molar-refractivity contribution in [3.05, 3.63) is 51.8 Å². The molecular weight excluding hydrogens is 334 g/mol. The van der Waals surface area contributed by atoms with Crippen molar-refractivity contribution < 1.29 is 9.72 Å². The van der Waals surface area contributed by atoms with E-state index in [9.17, 15) is 14.9 Å². The number of nitrogens with one attached hydrogen (secondary N) is 1. The Kier molecular flexibility index (Phi) is 5.11. The van der Waals surface area contributed by atoms with Crippen molar-refractivity contribution in [2.24, 2.45) is 5.92 Å². The molecule has 1 fully saturated rings. The van der Waals surface area contributed by atoms with Gasteiger partial charge in [0.1, 0.15) is 18.0 Å². The van der Waals surface area contributed by atoms with Crippen LogP contribution in [0.1, 0.15) is 35.7 Å². The van der Waals surface area contributed by atoms with Crippen LogP contribution in [0.15, 0.2) is 30.6 Å². The molecule has 8 heteroatoms. The molecule has 1 N–H and O–H groups in total. The Morgan fingerprint density at radius 3 is 2.73 bits per heavy atom. The molecule has 0 unspecified atom stereocenters. The molecule has 1 aliphatic rings. The smallest absolute Gasteiger partial charge is 0.273 e. The van der Waals surface area contributed by atoms with Gasteiger partial charge in [0.25, 0.3) is 11.6 Å². The number of nitro benzene ring substituents is 1. The molecule has 0 bridgehead atoms. The maximum atomic E-state index is 12.5. The summed E-state index contributed by atoms with van der Waals surface area (Å²) in [5.74, 6) is 1.44. The van der Waals surface area contributed by atoms with Gasteiger partial charge in [-0.1, -0.05) is 13.0 Å². The molecule has 8 nitrogen and oxygen atoms in total. The second-order valence-electron chi connectivity index (χ2n) is 6.59. The van der Waals surface area contributed by atoms with Crippen LogP contribution in [0.3, 0.4) is 0 Å². The second kappa shape index (κ2) is 7.47. The zero-order valence-electron chi connectivity index (χ0n) is 14.8. The van der Waals surface area contributed by atoms with Crippen LogP contribution in [0, 0.1) is 23.0 Å². The maximum absolute atomic E-state index is 12.5. The number of aromatic nitrogens is 2. The van der Waals surface area contributed by atoms with Crippen LogP contribution in [0.4, 0.5) is 17.3 Å². The zero-order valence-corrected chi connectivity index (χ0v) is 14.8. The third-order valence-electron chi connectivity index (χ3n) is 4.75. The zero-order chi connectivity index (χ0) is 18.7. The third-order valence-corrected chi connectivity index (χ3v) is 4.75. The Labute approximate surface area is 151 Å². The van der Waals surface area contributed by atoms with Crippen molar-refractivity contribution in [3.8, 4) is 0 Å². The summed E-state index contributed by atoms with van der Waals surface area (Å²) in [7, 11) is 0. The molecule has 136 valence electrons. The molecule has 1 aromatic heterocycles. The number of benzene rings is 1. The van der Waals surface area contributed by atoms with Crippen molar-refractivity contribution in [1.29, 1.82) is 0 Å². The highest BCUT2D eigenvalue weighted by molar-refractivity contribution is 6.05. The van der Waals surface area contributed by atoms with Crippen LogP contribution in [-0.2, 0) is 0 Å². The molecule has 2 heterocycles. The predicted molar refractivity (Wildman–Crippen MR) is 98.4 cm³/mol. The van der Waals surface area contributed by atoms with E-state index in [4.69, 9.17) is 0 Å². The second-order valence-corrected chi connectivity index (χ2v) is 6.59. The van der Waals surface area contributed by atoms with E-state index in [1.165, 1.54) is 18.5 Å². The Morgan fingerprint density at radius 2 is 2.04 bits per heavy atom. The topological polar surface area (TPSA) is 101 Å². The fourth-order valence-corrected chi connectivity index (χ4v) is 3.08. The van der Waals surface area contributed by atoms with Gasteiger partial charge in [0, 0.05) is 36.3 Å². The number of rotatable bonds is 4. The number of carbonyl (C=O) groups excluding carboxylic acids is 1. The van der Waals surface area contributed by atoms with Gasteiger partial charge in [0.2, 0.25) is 0 Å². The van der Waals surface area contributed by atoms with Gasteiger partial charge < -0.3 is 10.2 Å². The van der Waals surface area contributed by atoms with E-state index in [0.29, 0.717) is 17.3 Å². The number of carbonyl (C=O) groups is 1. The van der Waals surface area contributed by atoms with E-state index in [1.54, 1.807) is 19.1 Å². The van der Waals surface area contributed by atoms with Gasteiger partial charge in [-0.15, -0.1) is 0 Å². The lowest BCUT2D eigenvalue weighted by molar-refractivity contribution is -0.385. The van der Waals surface area contributed by atoms with Crippen LogP contribution in [0.25, 0.3) is 0 Å². The summed E-state index contributed by atoms with van der Waals surface area (Å²) < 4.78 is 0. The van der Waals surface area contributed by atoms with Crippen LogP contribution in [0.5, 0.6) is 0 Å². The van der Waals surface area contributed by atoms with Crippen molar-refractivity contribution in [2.45, 2.75) is 26.7 Å². The van der Waals surface area contributed by atoms with Gasteiger partial charge in [-0.3, -0.25) is 14.9 Å². The molecule has 1 amide bonds. The number of amides is 1. The largest absolute Gasteiger partial charge is 0.356 e. The lowest BCUT2D eigenvalue weighted by Gasteiger charge is -2.31. The SMILES string of the molecule is Cc1c(C(=O)Nc2cc(N3CCC(C)CC3)ncn2)cccc1[N+](=O)[O-]. The molecule has 1 saturated heterocycles. The summed E-state index contributed by atoms with van der Waals surface area (Å²) in [5.41, 5.74) is 0.504. The van der Waals surface area contributed by atoms with Gasteiger partial charge in [-0.2, -0.15) is 0 Å². The quantitative estimate of drug-likeness (QED) is 0.668. The first kappa shape index (κ1) is 17.8. The molecule has 0 radical (unpaired) electrons. The van der Waals surface area contributed by atoms with Gasteiger partial charge in [-0.25, -0.2) is 9.97 Å². The molecule has 1 aliphatic heterocycles. The molecule has 0 aliphatic carbocycles. The molecule has 0 spiro atoms.